The first-order chi connectivity index (χ1) is 21.0. The van der Waals surface area contributed by atoms with Crippen LogP contribution in [0, 0.1) is 5.92 Å². The Kier molecular flexibility index (Phi) is 9.33. The minimum Gasteiger partial charge on any atom is -0.450 e. The van der Waals surface area contributed by atoms with Gasteiger partial charge in [-0.25, -0.2) is 10.2 Å². The van der Waals surface area contributed by atoms with E-state index in [1.807, 2.05) is 37.3 Å². The first-order valence-electron chi connectivity index (χ1n) is 15.2. The quantitative estimate of drug-likeness (QED) is 0.467. The lowest BCUT2D eigenvalue weighted by Crippen LogP contribution is -2.61. The number of nitrogens with one attached hydrogen (secondary N) is 2. The highest BCUT2D eigenvalue weighted by molar-refractivity contribution is 5.92. The summed E-state index contributed by atoms with van der Waals surface area (Å²) in [4.78, 5) is 60.5. The Balaban J connectivity index is 1.55. The van der Waals surface area contributed by atoms with Crippen molar-refractivity contribution in [3.8, 4) is 0 Å². The Labute approximate surface area is 257 Å². The summed E-state index contributed by atoms with van der Waals surface area (Å²) in [6.45, 7) is 7.76. The van der Waals surface area contributed by atoms with Gasteiger partial charge in [-0.3, -0.25) is 24.4 Å². The Morgan fingerprint density at radius 3 is 2.55 bits per heavy atom. The summed E-state index contributed by atoms with van der Waals surface area (Å²) in [6, 6.07) is 7.69. The number of aromatic nitrogens is 1. The fourth-order valence-corrected chi connectivity index (χ4v) is 5.60. The van der Waals surface area contributed by atoms with E-state index in [0.29, 0.717) is 31.7 Å². The number of esters is 1. The van der Waals surface area contributed by atoms with Crippen molar-refractivity contribution in [2.75, 3.05) is 33.4 Å². The number of hydrogen-bond donors (Lipinski definition) is 2. The van der Waals surface area contributed by atoms with Crippen LogP contribution in [0.3, 0.4) is 0 Å². The highest BCUT2D eigenvalue weighted by Gasteiger charge is 2.44. The van der Waals surface area contributed by atoms with Gasteiger partial charge >= 0.3 is 5.97 Å². The zero-order valence-electron chi connectivity index (χ0n) is 25.9. The number of rotatable bonds is 1. The number of carbonyl (C=O) groups excluding carboxylic acids is 4. The Morgan fingerprint density at radius 1 is 1.05 bits per heavy atom. The lowest BCUT2D eigenvalue weighted by molar-refractivity contribution is -0.195. The monoisotopic (exact) mass is 607 g/mol. The molecule has 236 valence electrons. The second-order valence-corrected chi connectivity index (χ2v) is 12.1. The molecule has 4 heterocycles. The van der Waals surface area contributed by atoms with E-state index < -0.39 is 47.5 Å². The van der Waals surface area contributed by atoms with Gasteiger partial charge in [-0.15, -0.1) is 0 Å². The zero-order valence-corrected chi connectivity index (χ0v) is 25.9. The van der Waals surface area contributed by atoms with E-state index in [1.165, 1.54) is 5.01 Å². The number of pyridine rings is 1. The van der Waals surface area contributed by atoms with Crippen molar-refractivity contribution < 1.29 is 33.4 Å². The van der Waals surface area contributed by atoms with E-state index >= 15 is 0 Å². The van der Waals surface area contributed by atoms with Gasteiger partial charge in [0.2, 0.25) is 11.5 Å². The average molecular weight is 608 g/mol. The first-order valence-corrected chi connectivity index (χ1v) is 15.2. The van der Waals surface area contributed by atoms with Crippen LogP contribution in [0.15, 0.2) is 36.4 Å². The molecule has 1 aromatic carbocycles. The molecule has 2 saturated heterocycles. The number of amides is 3. The third-order valence-corrected chi connectivity index (χ3v) is 8.47. The number of carbonyl (C=O) groups is 4. The van der Waals surface area contributed by atoms with Gasteiger partial charge in [0.25, 0.3) is 11.8 Å². The average Bonchev–Trinajstić information content (AvgIpc) is 3.04. The van der Waals surface area contributed by atoms with Gasteiger partial charge in [-0.2, -0.15) is 0 Å². The van der Waals surface area contributed by atoms with Crippen LogP contribution in [-0.4, -0.2) is 95.8 Å². The molecule has 2 fully saturated rings. The predicted octanol–water partition coefficient (Wildman–Crippen LogP) is 2.13. The number of hydrazine groups is 1. The van der Waals surface area contributed by atoms with E-state index in [1.54, 1.807) is 44.9 Å². The van der Waals surface area contributed by atoms with E-state index in [9.17, 15) is 19.2 Å². The SMILES string of the molecule is CC(C)[C@@H]1OC(=O)C2(C=Cc3ccc4ccc(nc4c3)[C@@H](C)N(C)C(=O)[C@@H]3CCCN(N3)C(=O)[C@H](C)NC1=O)COCCO2. The third-order valence-electron chi connectivity index (χ3n) is 8.47. The molecule has 3 aliphatic rings. The van der Waals surface area contributed by atoms with Gasteiger partial charge in [0.15, 0.2) is 6.10 Å². The zero-order chi connectivity index (χ0) is 31.6. The highest BCUT2D eigenvalue weighted by atomic mass is 16.6. The predicted molar refractivity (Wildman–Crippen MR) is 162 cm³/mol. The van der Waals surface area contributed by atoms with Crippen LogP contribution >= 0.6 is 0 Å². The summed E-state index contributed by atoms with van der Waals surface area (Å²) in [5.74, 6) is -2.33. The second-order valence-electron chi connectivity index (χ2n) is 12.1. The maximum Gasteiger partial charge on any atom is 0.345 e. The van der Waals surface area contributed by atoms with Crippen LogP contribution < -0.4 is 10.7 Å². The van der Waals surface area contributed by atoms with Crippen LogP contribution in [0.5, 0.6) is 0 Å². The van der Waals surface area contributed by atoms with Crippen molar-refractivity contribution in [1.29, 1.82) is 0 Å². The molecular weight excluding hydrogens is 566 g/mol. The number of likely N-dealkylation sites (N-methyl/N-ethyl adjacent to an activating group) is 1. The van der Waals surface area contributed by atoms with Crippen LogP contribution in [0.2, 0.25) is 0 Å². The van der Waals surface area contributed by atoms with Gasteiger partial charge in [0.05, 0.1) is 37.1 Å². The number of cyclic esters (lactones) is 1. The topological polar surface area (TPSA) is 139 Å². The third kappa shape index (κ3) is 6.47. The van der Waals surface area contributed by atoms with E-state index in [0.717, 1.165) is 16.5 Å². The molecule has 44 heavy (non-hydrogen) atoms. The minimum atomic E-state index is -1.57. The number of benzene rings is 1. The highest BCUT2D eigenvalue weighted by Crippen LogP contribution is 2.27. The van der Waals surface area contributed by atoms with Gasteiger partial charge in [-0.05, 0) is 56.4 Å². The van der Waals surface area contributed by atoms with Gasteiger partial charge < -0.3 is 24.4 Å². The fraction of sp³-hybridized carbons (Fsp3) is 0.531. The summed E-state index contributed by atoms with van der Waals surface area (Å²) >= 11 is 0. The normalized spacial score (nSPS) is 29.3. The summed E-state index contributed by atoms with van der Waals surface area (Å²) in [5.41, 5.74) is 3.70. The molecule has 1 spiro atoms. The van der Waals surface area contributed by atoms with Crippen LogP contribution in [0.1, 0.15) is 57.8 Å². The molecule has 5 rings (SSSR count). The summed E-state index contributed by atoms with van der Waals surface area (Å²) < 4.78 is 17.4. The van der Waals surface area contributed by atoms with E-state index in [2.05, 4.69) is 10.7 Å². The molecule has 3 amide bonds. The molecule has 1 aromatic heterocycles. The van der Waals surface area contributed by atoms with Crippen molar-refractivity contribution in [1.82, 2.24) is 25.6 Å². The molecule has 0 aliphatic carbocycles. The first kappa shape index (κ1) is 31.6. The molecule has 5 atom stereocenters. The van der Waals surface area contributed by atoms with Crippen molar-refractivity contribution in [2.45, 2.75) is 70.4 Å². The fourth-order valence-electron chi connectivity index (χ4n) is 5.60. The van der Waals surface area contributed by atoms with Gasteiger partial charge in [-0.1, -0.05) is 38.1 Å². The van der Waals surface area contributed by atoms with Crippen molar-refractivity contribution >= 4 is 40.7 Å². The maximum absolute atomic E-state index is 13.7. The van der Waals surface area contributed by atoms with Crippen molar-refractivity contribution in [2.24, 2.45) is 5.92 Å². The summed E-state index contributed by atoms with van der Waals surface area (Å²) in [5, 5.41) is 5.00. The molecule has 0 radical (unpaired) electrons. The van der Waals surface area contributed by atoms with Gasteiger partial charge in [0.1, 0.15) is 12.1 Å². The van der Waals surface area contributed by atoms with Crippen LogP contribution in [0.4, 0.5) is 0 Å². The largest absolute Gasteiger partial charge is 0.450 e. The van der Waals surface area contributed by atoms with Crippen molar-refractivity contribution in [3.05, 3.63) is 47.7 Å². The molecule has 2 N–H and O–H groups in total. The smallest absolute Gasteiger partial charge is 0.345 e. The molecule has 5 bridgehead atoms. The maximum atomic E-state index is 13.7. The number of nitrogens with zero attached hydrogens (tertiary/aromatic N) is 3. The number of hydrogen-bond acceptors (Lipinski definition) is 9. The van der Waals surface area contributed by atoms with Gasteiger partial charge in [0, 0.05) is 19.0 Å². The Bertz CT molecular complexity index is 1450. The second kappa shape index (κ2) is 13.0. The molecule has 12 heteroatoms. The summed E-state index contributed by atoms with van der Waals surface area (Å²) in [6.07, 6.45) is 3.32. The van der Waals surface area contributed by atoms with E-state index in [-0.39, 0.29) is 25.2 Å². The summed E-state index contributed by atoms with van der Waals surface area (Å²) in [7, 11) is 1.73. The van der Waals surface area contributed by atoms with Crippen molar-refractivity contribution in [3.63, 3.8) is 0 Å². The van der Waals surface area contributed by atoms with Crippen LogP contribution in [0.25, 0.3) is 17.0 Å². The minimum absolute atomic E-state index is 0.0840. The molecule has 3 aliphatic heterocycles. The van der Waals surface area contributed by atoms with Crippen LogP contribution in [-0.2, 0) is 33.4 Å². The molecule has 2 aromatic rings. The standard InChI is InChI=1S/C32H41N5O7/c1-19(2)27-28(38)33-20(3)29(39)37-14-6-7-25(35-37)30(40)36(5)21(4)24-11-10-23-9-8-22(17-26(23)34-24)12-13-32(31(41)44-27)18-42-15-16-43-32/h8-13,17,19-21,25,27,35H,6-7,14-16,18H2,1-5H3,(H,33,38)/t20-,21+,25-,27-,32?/m0/s1. The Hall–Kier alpha value is -3.87. The molecule has 12 nitrogen and oxygen atoms in total. The lowest BCUT2D eigenvalue weighted by Gasteiger charge is -2.37. The lowest BCUT2D eigenvalue weighted by atomic mass is 10.0. The Morgan fingerprint density at radius 2 is 1.82 bits per heavy atom. The number of fused-ring (bicyclic) bond motifs is 4. The van der Waals surface area contributed by atoms with E-state index in [4.69, 9.17) is 19.2 Å². The molecule has 0 saturated carbocycles. The number of ether oxygens (including phenoxy) is 3. The molecule has 1 unspecified atom stereocenters. The molecular formula is C32H41N5O7.